The number of carboxylic acid groups (broad SMARTS) is 1. The molecule has 4 aromatic rings. The van der Waals surface area contributed by atoms with Crippen LogP contribution in [-0.4, -0.2) is 75.9 Å². The number of hydrogen-bond donors (Lipinski definition) is 1. The number of benzene rings is 3. The standard InChI is InChI=1S/C31H32Cl2N4O5S/c1-35(2)14-15-36(3)30-16-21(12-13-34-30)10-11-29(38)27-8-4-7-26-25(27)6-5-9-28(26)37(20-31(39)40)43(41,42)24-18-22(32)17-23(33)19-24/h4-9,12-13,16-19H,10-11,14-15,20H2,1-3H3,(H,39,40). The van der Waals surface area contributed by atoms with Gasteiger partial charge in [-0.15, -0.1) is 0 Å². The number of carboxylic acids is 1. The van der Waals surface area contributed by atoms with Gasteiger partial charge >= 0.3 is 5.97 Å². The molecule has 12 heteroatoms. The highest BCUT2D eigenvalue weighted by atomic mass is 35.5. The minimum absolute atomic E-state index is 0.0914. The van der Waals surface area contributed by atoms with Crippen LogP contribution in [0.2, 0.25) is 10.0 Å². The van der Waals surface area contributed by atoms with E-state index >= 15 is 0 Å². The van der Waals surface area contributed by atoms with E-state index in [4.69, 9.17) is 23.2 Å². The first-order valence-electron chi connectivity index (χ1n) is 13.4. The van der Waals surface area contributed by atoms with Crippen molar-refractivity contribution < 1.29 is 23.1 Å². The summed E-state index contributed by atoms with van der Waals surface area (Å²) in [5.41, 5.74) is 1.50. The van der Waals surface area contributed by atoms with Crippen LogP contribution in [0.25, 0.3) is 10.8 Å². The molecule has 0 fully saturated rings. The second kappa shape index (κ2) is 13.7. The number of nitrogens with zero attached hydrogens (tertiary/aromatic N) is 4. The van der Waals surface area contributed by atoms with Crippen molar-refractivity contribution in [3.8, 4) is 0 Å². The van der Waals surface area contributed by atoms with E-state index in [0.29, 0.717) is 22.8 Å². The van der Waals surface area contributed by atoms with Gasteiger partial charge in [0.2, 0.25) is 0 Å². The van der Waals surface area contributed by atoms with Crippen molar-refractivity contribution in [2.45, 2.75) is 17.7 Å². The van der Waals surface area contributed by atoms with Crippen molar-refractivity contribution in [2.24, 2.45) is 0 Å². The van der Waals surface area contributed by atoms with E-state index in [1.54, 1.807) is 36.5 Å². The molecule has 43 heavy (non-hydrogen) atoms. The largest absolute Gasteiger partial charge is 0.480 e. The summed E-state index contributed by atoms with van der Waals surface area (Å²) in [6, 6.07) is 17.5. The quantitative estimate of drug-likeness (QED) is 0.187. The zero-order chi connectivity index (χ0) is 31.3. The van der Waals surface area contributed by atoms with Crippen LogP contribution in [0.1, 0.15) is 22.3 Å². The number of sulfonamides is 1. The minimum atomic E-state index is -4.40. The van der Waals surface area contributed by atoms with E-state index in [0.717, 1.165) is 28.8 Å². The zero-order valence-corrected chi connectivity index (χ0v) is 26.3. The third-order valence-corrected chi connectivity index (χ3v) is 9.07. The number of fused-ring (bicyclic) bond motifs is 1. The summed E-state index contributed by atoms with van der Waals surface area (Å²) in [4.78, 5) is 33.7. The maximum Gasteiger partial charge on any atom is 0.324 e. The molecule has 1 heterocycles. The summed E-state index contributed by atoms with van der Waals surface area (Å²) in [5, 5.41) is 10.8. The van der Waals surface area contributed by atoms with Crippen molar-refractivity contribution in [3.63, 3.8) is 0 Å². The van der Waals surface area contributed by atoms with Gasteiger partial charge in [0.15, 0.2) is 5.78 Å². The number of halogens is 2. The Labute approximate surface area is 261 Å². The van der Waals surface area contributed by atoms with Gasteiger partial charge in [-0.3, -0.25) is 13.9 Å². The predicted molar refractivity (Wildman–Crippen MR) is 171 cm³/mol. The first-order valence-corrected chi connectivity index (χ1v) is 15.6. The lowest BCUT2D eigenvalue weighted by Gasteiger charge is -2.25. The van der Waals surface area contributed by atoms with Crippen LogP contribution in [0.3, 0.4) is 0 Å². The molecule has 226 valence electrons. The SMILES string of the molecule is CN(C)CCN(C)c1cc(CCC(=O)c2cccc3c(N(CC(=O)O)S(=O)(=O)c4cc(Cl)cc(Cl)c4)cccc23)ccn1. The molecule has 4 rings (SSSR count). The Balaban J connectivity index is 1.65. The third kappa shape index (κ3) is 7.83. The number of aromatic nitrogens is 1. The molecule has 0 atom stereocenters. The molecule has 0 unspecified atom stereocenters. The highest BCUT2D eigenvalue weighted by Gasteiger charge is 2.29. The molecular weight excluding hydrogens is 611 g/mol. The minimum Gasteiger partial charge on any atom is -0.480 e. The smallest absolute Gasteiger partial charge is 0.324 e. The molecule has 0 bridgehead atoms. The van der Waals surface area contributed by atoms with Crippen molar-refractivity contribution in [1.82, 2.24) is 9.88 Å². The molecule has 0 spiro atoms. The zero-order valence-electron chi connectivity index (χ0n) is 24.0. The molecule has 0 aliphatic rings. The van der Waals surface area contributed by atoms with Crippen LogP contribution >= 0.6 is 23.2 Å². The topological polar surface area (TPSA) is 111 Å². The van der Waals surface area contributed by atoms with E-state index in [2.05, 4.69) is 14.8 Å². The number of anilines is 2. The summed E-state index contributed by atoms with van der Waals surface area (Å²) < 4.78 is 28.2. The number of likely N-dealkylation sites (N-methyl/N-ethyl adjacent to an activating group) is 2. The van der Waals surface area contributed by atoms with Gasteiger partial charge in [-0.25, -0.2) is 13.4 Å². The summed E-state index contributed by atoms with van der Waals surface area (Å²) in [5.74, 6) is -0.663. The molecule has 0 aliphatic carbocycles. The molecule has 3 aromatic carbocycles. The molecular formula is C31H32Cl2N4O5S. The highest BCUT2D eigenvalue weighted by molar-refractivity contribution is 7.93. The van der Waals surface area contributed by atoms with Crippen LogP contribution in [0.4, 0.5) is 11.5 Å². The van der Waals surface area contributed by atoms with Crippen molar-refractivity contribution in [2.75, 3.05) is 50.0 Å². The Morgan fingerprint density at radius 1 is 0.884 bits per heavy atom. The van der Waals surface area contributed by atoms with Crippen molar-refractivity contribution in [1.29, 1.82) is 0 Å². The lowest BCUT2D eigenvalue weighted by atomic mass is 9.97. The van der Waals surface area contributed by atoms with Gasteiger partial charge in [0.25, 0.3) is 10.0 Å². The van der Waals surface area contributed by atoms with Crippen LogP contribution in [0.15, 0.2) is 77.8 Å². The van der Waals surface area contributed by atoms with Crippen LogP contribution < -0.4 is 9.21 Å². The Morgan fingerprint density at radius 3 is 2.23 bits per heavy atom. The summed E-state index contributed by atoms with van der Waals surface area (Å²) >= 11 is 12.1. The van der Waals surface area contributed by atoms with E-state index in [-0.39, 0.29) is 32.8 Å². The molecule has 0 radical (unpaired) electrons. The monoisotopic (exact) mass is 642 g/mol. The number of carbonyl (C=O) groups is 2. The number of Topliss-reactive ketones (excluding diaryl/α,β-unsaturated/α-hetero) is 1. The number of ketones is 1. The summed E-state index contributed by atoms with van der Waals surface area (Å²) in [6.07, 6.45) is 2.43. The molecule has 0 aliphatic heterocycles. The van der Waals surface area contributed by atoms with Crippen LogP contribution in [-0.2, 0) is 21.2 Å². The van der Waals surface area contributed by atoms with E-state index in [1.165, 1.54) is 24.3 Å². The third-order valence-electron chi connectivity index (χ3n) is 6.90. The fourth-order valence-electron chi connectivity index (χ4n) is 4.66. The maximum atomic E-state index is 13.7. The van der Waals surface area contributed by atoms with E-state index in [9.17, 15) is 23.1 Å². The Morgan fingerprint density at radius 2 is 1.56 bits per heavy atom. The number of hydrogen-bond acceptors (Lipinski definition) is 7. The van der Waals surface area contributed by atoms with E-state index < -0.39 is 22.5 Å². The van der Waals surface area contributed by atoms with Crippen LogP contribution in [0.5, 0.6) is 0 Å². The highest BCUT2D eigenvalue weighted by Crippen LogP contribution is 2.34. The van der Waals surface area contributed by atoms with Gasteiger partial charge in [-0.1, -0.05) is 53.5 Å². The Kier molecular flexibility index (Phi) is 10.3. The number of aliphatic carboxylic acids is 1. The fourth-order valence-corrected chi connectivity index (χ4v) is 6.82. The Bertz CT molecular complexity index is 1740. The van der Waals surface area contributed by atoms with Gasteiger partial charge in [-0.05, 0) is 67.9 Å². The average molecular weight is 644 g/mol. The van der Waals surface area contributed by atoms with Gasteiger partial charge in [0.1, 0.15) is 12.4 Å². The van der Waals surface area contributed by atoms with Gasteiger partial charge < -0.3 is 14.9 Å². The number of rotatable bonds is 13. The number of aryl methyl sites for hydroxylation is 1. The van der Waals surface area contributed by atoms with Gasteiger partial charge in [0.05, 0.1) is 10.6 Å². The lowest BCUT2D eigenvalue weighted by Crippen LogP contribution is -2.36. The predicted octanol–water partition coefficient (Wildman–Crippen LogP) is 5.63. The van der Waals surface area contributed by atoms with E-state index in [1.807, 2.05) is 33.3 Å². The molecule has 1 aromatic heterocycles. The molecule has 9 nitrogen and oxygen atoms in total. The van der Waals surface area contributed by atoms with Gasteiger partial charge in [-0.2, -0.15) is 0 Å². The maximum absolute atomic E-state index is 13.7. The lowest BCUT2D eigenvalue weighted by molar-refractivity contribution is -0.135. The van der Waals surface area contributed by atoms with Crippen molar-refractivity contribution in [3.05, 3.63) is 94.1 Å². The Hall–Kier alpha value is -3.70. The summed E-state index contributed by atoms with van der Waals surface area (Å²) in [6.45, 7) is 0.832. The number of carbonyl (C=O) groups excluding carboxylic acids is 1. The molecule has 0 saturated carbocycles. The normalized spacial score (nSPS) is 11.6. The summed E-state index contributed by atoms with van der Waals surface area (Å²) in [7, 11) is 1.60. The average Bonchev–Trinajstić information content (AvgIpc) is 2.96. The van der Waals surface area contributed by atoms with Crippen LogP contribution in [0, 0.1) is 0 Å². The second-order valence-corrected chi connectivity index (χ2v) is 13.1. The molecule has 1 N–H and O–H groups in total. The first-order chi connectivity index (χ1) is 20.4. The first kappa shape index (κ1) is 32.2. The number of pyridine rings is 1. The molecule has 0 saturated heterocycles. The second-order valence-electron chi connectivity index (χ2n) is 10.4. The fraction of sp³-hybridized carbons (Fsp3) is 0.258. The molecule has 0 amide bonds. The van der Waals surface area contributed by atoms with Crippen molar-refractivity contribution >= 4 is 67.3 Å². The van der Waals surface area contributed by atoms with Gasteiger partial charge in [0, 0.05) is 53.7 Å².